The highest BCUT2D eigenvalue weighted by Crippen LogP contribution is 2.18. The summed E-state index contributed by atoms with van der Waals surface area (Å²) in [5.41, 5.74) is 2.11. The van der Waals surface area contributed by atoms with Gasteiger partial charge in [0.25, 0.3) is 0 Å². The van der Waals surface area contributed by atoms with E-state index in [4.69, 9.17) is 10.00 Å². The van der Waals surface area contributed by atoms with Gasteiger partial charge in [0.15, 0.2) is 0 Å². The van der Waals surface area contributed by atoms with Crippen molar-refractivity contribution in [3.8, 4) is 6.07 Å². The van der Waals surface area contributed by atoms with E-state index in [1.165, 1.54) is 4.90 Å². The van der Waals surface area contributed by atoms with Crippen LogP contribution in [0, 0.1) is 11.3 Å². The third-order valence-electron chi connectivity index (χ3n) is 5.82. The number of ether oxygens (including phenoxy) is 1. The molecule has 35 heavy (non-hydrogen) atoms. The Hall–Kier alpha value is -3.67. The number of carbonyl (C=O) groups is 2. The maximum atomic E-state index is 13.5. The number of amides is 3. The van der Waals surface area contributed by atoms with Crippen LogP contribution in [-0.2, 0) is 22.6 Å². The molecule has 1 aromatic heterocycles. The summed E-state index contributed by atoms with van der Waals surface area (Å²) in [4.78, 5) is 31.2. The summed E-state index contributed by atoms with van der Waals surface area (Å²) in [5.74, 6) is -0.129. The molecule has 8 heteroatoms. The summed E-state index contributed by atoms with van der Waals surface area (Å²) in [5, 5.41) is 13.9. The fourth-order valence-corrected chi connectivity index (χ4v) is 4.69. The van der Waals surface area contributed by atoms with Crippen molar-refractivity contribution in [1.82, 2.24) is 9.80 Å². The molecule has 0 bridgehead atoms. The van der Waals surface area contributed by atoms with Gasteiger partial charge in [0, 0.05) is 30.3 Å². The minimum absolute atomic E-state index is 0.0554. The quantitative estimate of drug-likeness (QED) is 0.466. The monoisotopic (exact) mass is 488 g/mol. The number of benzene rings is 2. The van der Waals surface area contributed by atoms with Crippen molar-refractivity contribution in [3.05, 3.63) is 88.1 Å². The maximum Gasteiger partial charge on any atom is 0.322 e. The Morgan fingerprint density at radius 3 is 2.49 bits per heavy atom. The molecule has 2 aromatic carbocycles. The lowest BCUT2D eigenvalue weighted by molar-refractivity contribution is -0.133. The number of hydrogen-bond donors (Lipinski definition) is 1. The Morgan fingerprint density at radius 1 is 1.03 bits per heavy atom. The van der Waals surface area contributed by atoms with Gasteiger partial charge in [-0.05, 0) is 54.1 Å². The first-order valence-corrected chi connectivity index (χ1v) is 12.5. The van der Waals surface area contributed by atoms with Gasteiger partial charge in [-0.1, -0.05) is 36.4 Å². The summed E-state index contributed by atoms with van der Waals surface area (Å²) in [7, 11) is 0. The Kier molecular flexibility index (Phi) is 8.49. The van der Waals surface area contributed by atoms with Gasteiger partial charge in [0.05, 0.1) is 24.3 Å². The van der Waals surface area contributed by atoms with E-state index in [0.717, 1.165) is 23.3 Å². The molecule has 2 heterocycles. The Bertz CT molecular complexity index is 1140. The van der Waals surface area contributed by atoms with E-state index in [9.17, 15) is 9.59 Å². The van der Waals surface area contributed by atoms with Crippen LogP contribution in [0.1, 0.15) is 28.8 Å². The van der Waals surface area contributed by atoms with Crippen molar-refractivity contribution in [2.45, 2.75) is 32.0 Å². The third-order valence-corrected chi connectivity index (χ3v) is 6.68. The molecule has 1 unspecified atom stereocenters. The van der Waals surface area contributed by atoms with Gasteiger partial charge in [0.1, 0.15) is 6.54 Å². The first-order valence-electron chi connectivity index (χ1n) is 11.6. The zero-order valence-corrected chi connectivity index (χ0v) is 20.2. The Morgan fingerprint density at radius 2 is 1.83 bits per heavy atom. The third kappa shape index (κ3) is 7.15. The average Bonchev–Trinajstić information content (AvgIpc) is 3.59. The second kappa shape index (κ2) is 12.2. The fourth-order valence-electron chi connectivity index (χ4n) is 3.97. The van der Waals surface area contributed by atoms with Crippen LogP contribution in [0.15, 0.2) is 72.1 Å². The van der Waals surface area contributed by atoms with E-state index in [1.54, 1.807) is 40.5 Å². The van der Waals surface area contributed by atoms with Crippen LogP contribution >= 0.6 is 11.3 Å². The van der Waals surface area contributed by atoms with E-state index in [-0.39, 0.29) is 24.6 Å². The Balaban J connectivity index is 1.49. The zero-order chi connectivity index (χ0) is 24.5. The molecule has 3 amide bonds. The normalized spacial score (nSPS) is 14.8. The molecule has 4 rings (SSSR count). The Labute approximate surface area is 209 Å². The molecule has 1 fully saturated rings. The summed E-state index contributed by atoms with van der Waals surface area (Å²) < 4.78 is 5.76. The van der Waals surface area contributed by atoms with Crippen molar-refractivity contribution in [2.75, 3.05) is 25.0 Å². The smallest absolute Gasteiger partial charge is 0.322 e. The van der Waals surface area contributed by atoms with E-state index < -0.39 is 0 Å². The van der Waals surface area contributed by atoms with Crippen molar-refractivity contribution in [1.29, 1.82) is 5.26 Å². The number of nitriles is 1. The van der Waals surface area contributed by atoms with Crippen molar-refractivity contribution in [2.24, 2.45) is 0 Å². The van der Waals surface area contributed by atoms with Crippen molar-refractivity contribution in [3.63, 3.8) is 0 Å². The number of nitrogens with one attached hydrogen (secondary N) is 1. The average molecular weight is 489 g/mol. The van der Waals surface area contributed by atoms with Crippen LogP contribution in [0.25, 0.3) is 0 Å². The number of carbonyl (C=O) groups excluding carboxylic acids is 2. The predicted octanol–water partition coefficient (Wildman–Crippen LogP) is 4.86. The highest BCUT2D eigenvalue weighted by molar-refractivity contribution is 7.09. The largest absolute Gasteiger partial charge is 0.376 e. The molecule has 0 saturated carbocycles. The molecular weight excluding hydrogens is 460 g/mol. The first kappa shape index (κ1) is 24.5. The molecule has 1 saturated heterocycles. The van der Waals surface area contributed by atoms with E-state index in [1.807, 2.05) is 47.8 Å². The SMILES string of the molecule is N#Cc1ccc(NC(=O)N(CC(=O)N(Cc2ccccc2)Cc2cccs2)CC2CCCO2)cc1. The van der Waals surface area contributed by atoms with Crippen molar-refractivity contribution >= 4 is 29.0 Å². The van der Waals surface area contributed by atoms with Crippen LogP contribution < -0.4 is 5.32 Å². The predicted molar refractivity (Wildman–Crippen MR) is 136 cm³/mol. The number of rotatable bonds is 9. The molecule has 1 atom stereocenters. The number of nitrogens with zero attached hydrogens (tertiary/aromatic N) is 3. The van der Waals surface area contributed by atoms with Gasteiger partial charge >= 0.3 is 6.03 Å². The lowest BCUT2D eigenvalue weighted by Crippen LogP contribution is -2.46. The molecule has 1 aliphatic rings. The maximum absolute atomic E-state index is 13.5. The topological polar surface area (TPSA) is 85.7 Å². The van der Waals surface area contributed by atoms with Crippen molar-refractivity contribution < 1.29 is 14.3 Å². The fraction of sp³-hybridized carbons (Fsp3) is 0.296. The molecule has 7 nitrogen and oxygen atoms in total. The van der Waals surface area contributed by atoms with Crippen LogP contribution in [0.2, 0.25) is 0 Å². The van der Waals surface area contributed by atoms with Gasteiger partial charge in [0.2, 0.25) is 5.91 Å². The van der Waals surface area contributed by atoms with Gasteiger partial charge in [-0.3, -0.25) is 4.79 Å². The van der Waals surface area contributed by atoms with Crippen LogP contribution in [0.5, 0.6) is 0 Å². The highest BCUT2D eigenvalue weighted by Gasteiger charge is 2.27. The van der Waals surface area contributed by atoms with Crippen LogP contribution in [-0.4, -0.2) is 47.5 Å². The number of urea groups is 1. The second-order valence-corrected chi connectivity index (χ2v) is 9.48. The van der Waals surface area contributed by atoms with E-state index in [0.29, 0.717) is 37.5 Å². The molecule has 1 aliphatic heterocycles. The molecule has 3 aromatic rings. The zero-order valence-electron chi connectivity index (χ0n) is 19.4. The molecule has 180 valence electrons. The second-order valence-electron chi connectivity index (χ2n) is 8.45. The summed E-state index contributed by atoms with van der Waals surface area (Å²) in [6.45, 7) is 1.90. The minimum atomic E-state index is -0.366. The number of thiophene rings is 1. The highest BCUT2D eigenvalue weighted by atomic mass is 32.1. The molecular formula is C27H28N4O3S. The molecule has 0 aliphatic carbocycles. The minimum Gasteiger partial charge on any atom is -0.376 e. The molecule has 0 radical (unpaired) electrons. The van der Waals surface area contributed by atoms with Gasteiger partial charge in [-0.25, -0.2) is 4.79 Å². The number of hydrogen-bond acceptors (Lipinski definition) is 5. The number of anilines is 1. The molecule has 1 N–H and O–H groups in total. The summed E-state index contributed by atoms with van der Waals surface area (Å²) in [6, 6.07) is 22.2. The lowest BCUT2D eigenvalue weighted by atomic mass is 10.2. The van der Waals surface area contributed by atoms with E-state index in [2.05, 4.69) is 11.4 Å². The van der Waals surface area contributed by atoms with Crippen LogP contribution in [0.3, 0.4) is 0 Å². The van der Waals surface area contributed by atoms with Gasteiger partial charge in [-0.2, -0.15) is 5.26 Å². The summed E-state index contributed by atoms with van der Waals surface area (Å²) >= 11 is 1.61. The first-order chi connectivity index (χ1) is 17.1. The van der Waals surface area contributed by atoms with Gasteiger partial charge in [-0.15, -0.1) is 11.3 Å². The van der Waals surface area contributed by atoms with E-state index >= 15 is 0 Å². The van der Waals surface area contributed by atoms with Crippen LogP contribution in [0.4, 0.5) is 10.5 Å². The van der Waals surface area contributed by atoms with Gasteiger partial charge < -0.3 is 19.9 Å². The standard InChI is InChI=1S/C27H28N4O3S/c28-16-21-10-12-23(13-11-21)29-27(33)31(18-24-8-4-14-34-24)20-26(32)30(19-25-9-5-15-35-25)17-22-6-2-1-3-7-22/h1-3,5-7,9-13,15,24H,4,8,14,17-20H2,(H,29,33). The summed E-state index contributed by atoms with van der Waals surface area (Å²) in [6.07, 6.45) is 1.72. The molecule has 0 spiro atoms. The lowest BCUT2D eigenvalue weighted by Gasteiger charge is -2.29.